The zero-order valence-corrected chi connectivity index (χ0v) is 10.2. The smallest absolute Gasteiger partial charge is 0.261 e. The van der Waals surface area contributed by atoms with Gasteiger partial charge in [0, 0.05) is 6.20 Å². The van der Waals surface area contributed by atoms with Crippen LogP contribution < -0.4 is 4.74 Å². The summed E-state index contributed by atoms with van der Waals surface area (Å²) in [5.74, 6) is 1.59. The molecule has 0 radical (unpaired) electrons. The van der Waals surface area contributed by atoms with Gasteiger partial charge in [-0.1, -0.05) is 5.16 Å². The van der Waals surface area contributed by atoms with Crippen molar-refractivity contribution in [1.82, 2.24) is 15.1 Å². The van der Waals surface area contributed by atoms with E-state index in [9.17, 15) is 0 Å². The third-order valence-electron chi connectivity index (χ3n) is 2.55. The highest BCUT2D eigenvalue weighted by Gasteiger charge is 2.10. The molecule has 0 saturated heterocycles. The van der Waals surface area contributed by atoms with Crippen LogP contribution in [0.1, 0.15) is 11.5 Å². The van der Waals surface area contributed by atoms with E-state index in [1.807, 2.05) is 19.1 Å². The fraction of sp³-hybridized carbons (Fsp3) is 0.154. The van der Waals surface area contributed by atoms with Crippen LogP contribution in [0.25, 0.3) is 11.5 Å². The van der Waals surface area contributed by atoms with Crippen molar-refractivity contribution in [3.63, 3.8) is 0 Å². The van der Waals surface area contributed by atoms with Crippen LogP contribution in [0.2, 0.25) is 0 Å². The van der Waals surface area contributed by atoms with Crippen LogP contribution in [0.15, 0.2) is 45.9 Å². The summed E-state index contributed by atoms with van der Waals surface area (Å²) in [6.07, 6.45) is 4.81. The first-order chi connectivity index (χ1) is 9.33. The van der Waals surface area contributed by atoms with E-state index in [1.165, 1.54) is 0 Å². The molecular weight excluding hydrogens is 246 g/mol. The topological polar surface area (TPSA) is 74.2 Å². The van der Waals surface area contributed by atoms with Crippen molar-refractivity contribution < 1.29 is 13.7 Å². The van der Waals surface area contributed by atoms with Gasteiger partial charge in [-0.15, -0.1) is 0 Å². The maximum absolute atomic E-state index is 5.58. The van der Waals surface area contributed by atoms with Crippen LogP contribution in [-0.2, 0) is 6.61 Å². The Kier molecular flexibility index (Phi) is 2.97. The van der Waals surface area contributed by atoms with Crippen molar-refractivity contribution in [2.45, 2.75) is 13.5 Å². The molecular formula is C13H11N3O3. The summed E-state index contributed by atoms with van der Waals surface area (Å²) in [5.41, 5.74) is 1.57. The van der Waals surface area contributed by atoms with Crippen LogP contribution >= 0.6 is 0 Å². The molecule has 0 unspecified atom stereocenters. The quantitative estimate of drug-likeness (QED) is 0.715. The van der Waals surface area contributed by atoms with E-state index in [0.717, 1.165) is 11.3 Å². The molecule has 0 N–H and O–H groups in total. The molecule has 3 rings (SSSR count). The summed E-state index contributed by atoms with van der Waals surface area (Å²) in [5, 5.41) is 3.84. The summed E-state index contributed by atoms with van der Waals surface area (Å²) in [4.78, 5) is 8.35. The first-order valence-electron chi connectivity index (χ1n) is 5.72. The lowest BCUT2D eigenvalue weighted by atomic mass is 10.3. The van der Waals surface area contributed by atoms with Gasteiger partial charge >= 0.3 is 0 Å². The van der Waals surface area contributed by atoms with Gasteiger partial charge in [-0.25, -0.2) is 0 Å². The Bertz CT molecular complexity index is 661. The van der Waals surface area contributed by atoms with Crippen molar-refractivity contribution in [3.05, 3.63) is 48.4 Å². The van der Waals surface area contributed by atoms with Gasteiger partial charge in [-0.05, 0) is 25.1 Å². The molecule has 3 heterocycles. The first kappa shape index (κ1) is 11.5. The van der Waals surface area contributed by atoms with E-state index < -0.39 is 0 Å². The summed E-state index contributed by atoms with van der Waals surface area (Å²) >= 11 is 0. The molecule has 0 aliphatic carbocycles. The molecule has 96 valence electrons. The van der Waals surface area contributed by atoms with Gasteiger partial charge in [0.15, 0.2) is 6.61 Å². The summed E-state index contributed by atoms with van der Waals surface area (Å²) in [6.45, 7) is 2.11. The molecule has 6 nitrogen and oxygen atoms in total. The van der Waals surface area contributed by atoms with Gasteiger partial charge in [0.05, 0.1) is 17.5 Å². The van der Waals surface area contributed by atoms with Crippen LogP contribution in [-0.4, -0.2) is 15.1 Å². The number of aryl methyl sites for hydroxylation is 1. The SMILES string of the molecule is Cc1ncccc1OCc1noc(-c2ccoc2)n1. The van der Waals surface area contributed by atoms with Crippen molar-refractivity contribution in [3.8, 4) is 17.2 Å². The summed E-state index contributed by atoms with van der Waals surface area (Å²) < 4.78 is 15.6. The molecule has 0 aliphatic rings. The maximum atomic E-state index is 5.58. The summed E-state index contributed by atoms with van der Waals surface area (Å²) in [6, 6.07) is 5.41. The average Bonchev–Trinajstić information content (AvgIpc) is 3.09. The van der Waals surface area contributed by atoms with Crippen LogP contribution in [0.5, 0.6) is 5.75 Å². The predicted molar refractivity (Wildman–Crippen MR) is 65.3 cm³/mol. The van der Waals surface area contributed by atoms with Crippen LogP contribution in [0, 0.1) is 6.92 Å². The molecule has 0 saturated carbocycles. The van der Waals surface area contributed by atoms with Crippen molar-refractivity contribution >= 4 is 0 Å². The normalized spacial score (nSPS) is 10.6. The molecule has 3 aromatic rings. The Morgan fingerprint density at radius 3 is 3.05 bits per heavy atom. The van der Waals surface area contributed by atoms with E-state index in [0.29, 0.717) is 17.5 Å². The molecule has 0 fully saturated rings. The fourth-order valence-electron chi connectivity index (χ4n) is 1.58. The van der Waals surface area contributed by atoms with Crippen LogP contribution in [0.4, 0.5) is 0 Å². The Morgan fingerprint density at radius 1 is 1.32 bits per heavy atom. The minimum Gasteiger partial charge on any atom is -0.484 e. The second-order valence-corrected chi connectivity index (χ2v) is 3.90. The molecule has 0 spiro atoms. The number of nitrogens with zero attached hydrogens (tertiary/aromatic N) is 3. The van der Waals surface area contributed by atoms with Gasteiger partial charge in [0.1, 0.15) is 12.0 Å². The average molecular weight is 257 g/mol. The molecule has 6 heteroatoms. The van der Waals surface area contributed by atoms with Gasteiger partial charge in [0.2, 0.25) is 5.82 Å². The predicted octanol–water partition coefficient (Wildman–Crippen LogP) is 2.61. The summed E-state index contributed by atoms with van der Waals surface area (Å²) in [7, 11) is 0. The highest BCUT2D eigenvalue weighted by atomic mass is 16.5. The van der Waals surface area contributed by atoms with Gasteiger partial charge in [-0.3, -0.25) is 4.98 Å². The minimum atomic E-state index is 0.230. The zero-order valence-electron chi connectivity index (χ0n) is 10.2. The molecule has 3 aromatic heterocycles. The molecule has 0 amide bonds. The number of furan rings is 1. The molecule has 19 heavy (non-hydrogen) atoms. The number of ether oxygens (including phenoxy) is 1. The fourth-order valence-corrected chi connectivity index (χ4v) is 1.58. The van der Waals surface area contributed by atoms with Gasteiger partial charge in [0.25, 0.3) is 5.89 Å². The van der Waals surface area contributed by atoms with Gasteiger partial charge < -0.3 is 13.7 Å². The lowest BCUT2D eigenvalue weighted by Gasteiger charge is -2.04. The van der Waals surface area contributed by atoms with Crippen LogP contribution in [0.3, 0.4) is 0 Å². The van der Waals surface area contributed by atoms with Crippen molar-refractivity contribution in [2.75, 3.05) is 0 Å². The van der Waals surface area contributed by atoms with Crippen molar-refractivity contribution in [1.29, 1.82) is 0 Å². The maximum Gasteiger partial charge on any atom is 0.261 e. The van der Waals surface area contributed by atoms with E-state index >= 15 is 0 Å². The number of aromatic nitrogens is 3. The van der Waals surface area contributed by atoms with E-state index in [2.05, 4.69) is 15.1 Å². The van der Waals surface area contributed by atoms with E-state index in [-0.39, 0.29) is 6.61 Å². The zero-order chi connectivity index (χ0) is 13.1. The van der Waals surface area contributed by atoms with Gasteiger partial charge in [-0.2, -0.15) is 4.98 Å². The van der Waals surface area contributed by atoms with E-state index in [4.69, 9.17) is 13.7 Å². The molecule has 0 atom stereocenters. The monoisotopic (exact) mass is 257 g/mol. The third kappa shape index (κ3) is 2.47. The standard InChI is InChI=1S/C13H11N3O3/c1-9-11(3-2-5-14-9)18-8-12-15-13(19-16-12)10-4-6-17-7-10/h2-7H,8H2,1H3. The first-order valence-corrected chi connectivity index (χ1v) is 5.72. The van der Waals surface area contributed by atoms with E-state index in [1.54, 1.807) is 24.8 Å². The minimum absolute atomic E-state index is 0.230. The Labute approximate surface area is 109 Å². The highest BCUT2D eigenvalue weighted by Crippen LogP contribution is 2.18. The lowest BCUT2D eigenvalue weighted by molar-refractivity contribution is 0.284. The molecule has 0 bridgehead atoms. The number of pyridine rings is 1. The Balaban J connectivity index is 1.70. The second-order valence-electron chi connectivity index (χ2n) is 3.90. The Hall–Kier alpha value is -2.63. The number of hydrogen-bond acceptors (Lipinski definition) is 6. The third-order valence-corrected chi connectivity index (χ3v) is 2.55. The lowest BCUT2D eigenvalue weighted by Crippen LogP contribution is -1.99. The Morgan fingerprint density at radius 2 is 2.26 bits per heavy atom. The largest absolute Gasteiger partial charge is 0.484 e. The molecule has 0 aromatic carbocycles. The second kappa shape index (κ2) is 4.93. The number of rotatable bonds is 4. The highest BCUT2D eigenvalue weighted by molar-refractivity contribution is 5.49. The van der Waals surface area contributed by atoms with Crippen molar-refractivity contribution in [2.24, 2.45) is 0 Å². The molecule has 0 aliphatic heterocycles. The number of hydrogen-bond donors (Lipinski definition) is 0.